The zero-order valence-electron chi connectivity index (χ0n) is 12.9. The van der Waals surface area contributed by atoms with Crippen LogP contribution >= 0.6 is 11.3 Å². The van der Waals surface area contributed by atoms with Gasteiger partial charge in [0.25, 0.3) is 0 Å². The van der Waals surface area contributed by atoms with Gasteiger partial charge in [-0.05, 0) is 12.1 Å². The molecule has 9 heteroatoms. The Morgan fingerprint density at radius 1 is 1.00 bits per heavy atom. The van der Waals surface area contributed by atoms with Crippen LogP contribution in [0.3, 0.4) is 0 Å². The fourth-order valence-corrected chi connectivity index (χ4v) is 3.07. The average Bonchev–Trinajstić information content (AvgIpc) is 3.22. The van der Waals surface area contributed by atoms with Gasteiger partial charge in [0.2, 0.25) is 10.8 Å². The molecule has 8 nitrogen and oxygen atoms in total. The van der Waals surface area contributed by atoms with Gasteiger partial charge >= 0.3 is 0 Å². The molecule has 3 heterocycles. The first-order valence-corrected chi connectivity index (χ1v) is 7.82. The maximum Gasteiger partial charge on any atom is 0.235 e. The summed E-state index contributed by atoms with van der Waals surface area (Å²) in [4.78, 5) is 8.98. The second-order valence-corrected chi connectivity index (χ2v) is 5.77. The molecule has 0 radical (unpaired) electrons. The first-order chi connectivity index (χ1) is 11.8. The Morgan fingerprint density at radius 2 is 1.79 bits per heavy atom. The topological polar surface area (TPSA) is 87.3 Å². The molecule has 0 spiro atoms. The summed E-state index contributed by atoms with van der Waals surface area (Å²) in [6, 6.07) is 5.61. The minimum atomic E-state index is 0.551. The van der Waals surface area contributed by atoms with Crippen LogP contribution in [-0.2, 0) is 0 Å². The fraction of sp³-hybridized carbons (Fsp3) is 0.133. The van der Waals surface area contributed by atoms with Crippen LogP contribution in [0.25, 0.3) is 27.1 Å². The van der Waals surface area contributed by atoms with Gasteiger partial charge in [-0.3, -0.25) is 4.98 Å². The van der Waals surface area contributed by atoms with Crippen molar-refractivity contribution in [1.82, 2.24) is 29.8 Å². The highest BCUT2D eigenvalue weighted by Crippen LogP contribution is 2.33. The zero-order valence-corrected chi connectivity index (χ0v) is 13.7. The standard InChI is InChI=1S/C15H12N6O2S/c1-22-10-5-9(6-11(7-10)23-2)14-20-21-13(18-19-15(21)24-14)12-8-16-3-4-17-12/h3-8H,1-2H3. The highest BCUT2D eigenvalue weighted by molar-refractivity contribution is 7.19. The molecule has 0 amide bonds. The van der Waals surface area contributed by atoms with E-state index in [0.717, 1.165) is 10.6 Å². The van der Waals surface area contributed by atoms with Crippen molar-refractivity contribution in [2.75, 3.05) is 14.2 Å². The highest BCUT2D eigenvalue weighted by atomic mass is 32.1. The Labute approximate surface area is 140 Å². The number of hydrogen-bond acceptors (Lipinski definition) is 8. The molecule has 120 valence electrons. The summed E-state index contributed by atoms with van der Waals surface area (Å²) >= 11 is 1.42. The second kappa shape index (κ2) is 5.85. The lowest BCUT2D eigenvalue weighted by Crippen LogP contribution is -1.94. The van der Waals surface area contributed by atoms with E-state index in [2.05, 4.69) is 25.3 Å². The lowest BCUT2D eigenvalue weighted by atomic mass is 10.2. The Kier molecular flexibility index (Phi) is 3.54. The van der Waals surface area contributed by atoms with E-state index in [1.54, 1.807) is 37.3 Å². The third-order valence-electron chi connectivity index (χ3n) is 3.38. The summed E-state index contributed by atoms with van der Waals surface area (Å²) in [7, 11) is 3.23. The Balaban J connectivity index is 1.83. The molecule has 0 bridgehead atoms. The molecule has 0 unspecified atom stereocenters. The van der Waals surface area contributed by atoms with Gasteiger partial charge in [0, 0.05) is 24.0 Å². The molecule has 0 saturated carbocycles. The van der Waals surface area contributed by atoms with Crippen molar-refractivity contribution in [3.8, 4) is 33.6 Å². The molecule has 24 heavy (non-hydrogen) atoms. The molecular formula is C15H12N6O2S. The van der Waals surface area contributed by atoms with E-state index in [4.69, 9.17) is 9.47 Å². The fourth-order valence-electron chi connectivity index (χ4n) is 2.24. The van der Waals surface area contributed by atoms with Crippen LogP contribution in [0.15, 0.2) is 36.8 Å². The van der Waals surface area contributed by atoms with Crippen LogP contribution in [0, 0.1) is 0 Å². The first-order valence-electron chi connectivity index (χ1n) is 7.00. The summed E-state index contributed by atoms with van der Waals surface area (Å²) in [5.41, 5.74) is 1.50. The Morgan fingerprint density at radius 3 is 2.46 bits per heavy atom. The number of rotatable bonds is 4. The Bertz CT molecular complexity index is 976. The van der Waals surface area contributed by atoms with E-state index in [-0.39, 0.29) is 0 Å². The lowest BCUT2D eigenvalue weighted by Gasteiger charge is -2.06. The second-order valence-electron chi connectivity index (χ2n) is 4.82. The summed E-state index contributed by atoms with van der Waals surface area (Å²) in [5.74, 6) is 1.95. The molecule has 0 aliphatic heterocycles. The predicted molar refractivity (Wildman–Crippen MR) is 88.2 cm³/mol. The third-order valence-corrected chi connectivity index (χ3v) is 4.33. The van der Waals surface area contributed by atoms with Crippen LogP contribution in [-0.4, -0.2) is 44.0 Å². The molecular weight excluding hydrogens is 328 g/mol. The van der Waals surface area contributed by atoms with E-state index < -0.39 is 0 Å². The van der Waals surface area contributed by atoms with Gasteiger partial charge in [-0.15, -0.1) is 10.2 Å². The van der Waals surface area contributed by atoms with Crippen LogP contribution < -0.4 is 9.47 Å². The predicted octanol–water partition coefficient (Wildman–Crippen LogP) is 2.33. The van der Waals surface area contributed by atoms with Crippen LogP contribution in [0.2, 0.25) is 0 Å². The Hall–Kier alpha value is -3.07. The number of methoxy groups -OCH3 is 2. The minimum absolute atomic E-state index is 0.551. The van der Waals surface area contributed by atoms with Crippen molar-refractivity contribution < 1.29 is 9.47 Å². The monoisotopic (exact) mass is 340 g/mol. The van der Waals surface area contributed by atoms with Crippen molar-refractivity contribution in [2.24, 2.45) is 0 Å². The van der Waals surface area contributed by atoms with Crippen molar-refractivity contribution in [1.29, 1.82) is 0 Å². The minimum Gasteiger partial charge on any atom is -0.497 e. The molecule has 1 aromatic carbocycles. The number of nitrogens with zero attached hydrogens (tertiary/aromatic N) is 6. The molecule has 0 fully saturated rings. The van der Waals surface area contributed by atoms with Crippen LogP contribution in [0.4, 0.5) is 0 Å². The maximum absolute atomic E-state index is 5.31. The van der Waals surface area contributed by atoms with Crippen LogP contribution in [0.1, 0.15) is 0 Å². The quantitative estimate of drug-likeness (QED) is 0.563. The van der Waals surface area contributed by atoms with Gasteiger partial charge in [0.1, 0.15) is 22.2 Å². The van der Waals surface area contributed by atoms with Crippen LogP contribution in [0.5, 0.6) is 11.5 Å². The van der Waals surface area contributed by atoms with Crippen molar-refractivity contribution in [3.63, 3.8) is 0 Å². The number of benzene rings is 1. The van der Waals surface area contributed by atoms with Gasteiger partial charge < -0.3 is 9.47 Å². The molecule has 0 saturated heterocycles. The summed E-state index contributed by atoms with van der Waals surface area (Å²) in [6.45, 7) is 0. The van der Waals surface area contributed by atoms with Gasteiger partial charge in [-0.25, -0.2) is 4.98 Å². The molecule has 0 aliphatic rings. The van der Waals surface area contributed by atoms with Crippen molar-refractivity contribution in [2.45, 2.75) is 0 Å². The summed E-state index contributed by atoms with van der Waals surface area (Å²) < 4.78 is 12.3. The highest BCUT2D eigenvalue weighted by Gasteiger charge is 2.16. The van der Waals surface area contributed by atoms with Gasteiger partial charge in [0.15, 0.2) is 0 Å². The number of fused-ring (bicyclic) bond motifs is 1. The zero-order chi connectivity index (χ0) is 16.5. The van der Waals surface area contributed by atoms with Crippen molar-refractivity contribution in [3.05, 3.63) is 36.8 Å². The molecule has 4 aromatic rings. The SMILES string of the molecule is COc1cc(OC)cc(-c2nn3c(-c4cnccn4)nnc3s2)c1. The van der Waals surface area contributed by atoms with E-state index >= 15 is 0 Å². The smallest absolute Gasteiger partial charge is 0.235 e. The molecule has 4 rings (SSSR count). The van der Waals surface area contributed by atoms with Gasteiger partial charge in [-0.2, -0.15) is 9.61 Å². The number of aromatic nitrogens is 6. The van der Waals surface area contributed by atoms with E-state index in [1.165, 1.54) is 11.3 Å². The van der Waals surface area contributed by atoms with Gasteiger partial charge in [-0.1, -0.05) is 11.3 Å². The number of ether oxygens (including phenoxy) is 2. The summed E-state index contributed by atoms with van der Waals surface area (Å²) in [5, 5.41) is 13.7. The first kappa shape index (κ1) is 14.5. The molecule has 0 N–H and O–H groups in total. The normalized spacial score (nSPS) is 10.9. The van der Waals surface area contributed by atoms with E-state index in [9.17, 15) is 0 Å². The molecule has 0 aliphatic carbocycles. The molecule has 3 aromatic heterocycles. The van der Waals surface area contributed by atoms with E-state index in [1.807, 2.05) is 18.2 Å². The van der Waals surface area contributed by atoms with Gasteiger partial charge in [0.05, 0.1) is 20.4 Å². The molecule has 0 atom stereocenters. The maximum atomic E-state index is 5.31. The summed E-state index contributed by atoms with van der Waals surface area (Å²) in [6.07, 6.45) is 4.84. The number of hydrogen-bond donors (Lipinski definition) is 0. The average molecular weight is 340 g/mol. The third kappa shape index (κ3) is 2.44. The van der Waals surface area contributed by atoms with E-state index in [0.29, 0.717) is 28.0 Å². The lowest BCUT2D eigenvalue weighted by molar-refractivity contribution is 0.394. The van der Waals surface area contributed by atoms with Crippen molar-refractivity contribution >= 4 is 16.3 Å². The largest absolute Gasteiger partial charge is 0.497 e.